The Kier molecular flexibility index (Phi) is 5.72. The van der Waals surface area contributed by atoms with Crippen molar-refractivity contribution in [3.63, 3.8) is 0 Å². The summed E-state index contributed by atoms with van der Waals surface area (Å²) in [5.74, 6) is 0. The van der Waals surface area contributed by atoms with E-state index in [0.29, 0.717) is 0 Å². The fourth-order valence-electron chi connectivity index (χ4n) is 3.06. The molecule has 0 heterocycles. The molecule has 0 aromatic heterocycles. The van der Waals surface area contributed by atoms with Crippen LogP contribution in [-0.2, 0) is 6.42 Å². The van der Waals surface area contributed by atoms with Crippen LogP contribution in [0.15, 0.2) is 90.5 Å². The van der Waals surface area contributed by atoms with Crippen LogP contribution in [0.3, 0.4) is 0 Å². The van der Waals surface area contributed by atoms with Crippen molar-refractivity contribution < 1.29 is 0 Å². The fourth-order valence-corrected chi connectivity index (χ4v) is 3.47. The number of rotatable bonds is 5. The average Bonchev–Trinajstić information content (AvgIpc) is 2.64. The monoisotopic (exact) mass is 374 g/mol. The molecule has 0 spiro atoms. The number of hydrogen-bond donors (Lipinski definition) is 0. The third-order valence-corrected chi connectivity index (χ3v) is 5.11. The van der Waals surface area contributed by atoms with Gasteiger partial charge in [0.1, 0.15) is 0 Å². The molecule has 0 nitrogen and oxygen atoms in total. The van der Waals surface area contributed by atoms with Crippen molar-refractivity contribution in [3.8, 4) is 0 Å². The molecule has 0 amide bonds. The van der Waals surface area contributed by atoms with Crippen LogP contribution in [0.1, 0.15) is 30.0 Å². The van der Waals surface area contributed by atoms with Crippen molar-refractivity contribution in [1.29, 1.82) is 0 Å². The molecule has 0 saturated heterocycles. The second-order valence-corrected chi connectivity index (χ2v) is 7.38. The van der Waals surface area contributed by atoms with Gasteiger partial charge in [0.15, 0.2) is 0 Å². The summed E-state index contributed by atoms with van der Waals surface area (Å²) in [4.78, 5) is 0. The number of allylic oxidation sites excluding steroid dienone is 1. The van der Waals surface area contributed by atoms with E-state index in [2.05, 4.69) is 91.9 Å². The van der Waals surface area contributed by atoms with Gasteiger partial charge in [0, 0.05) is 0 Å². The summed E-state index contributed by atoms with van der Waals surface area (Å²) in [7, 11) is 0. The van der Waals surface area contributed by atoms with Gasteiger partial charge < -0.3 is 0 Å². The van der Waals surface area contributed by atoms with E-state index in [1.807, 2.05) is 0 Å². The van der Waals surface area contributed by atoms with Crippen LogP contribution in [0.4, 0.5) is 0 Å². The third kappa shape index (κ3) is 4.07. The number of hydrogen-bond acceptors (Lipinski definition) is 0. The standard InChI is InChI=1S/C23H23As/c1-2-19(17-18-9-5-3-6-10-18)23(20-11-7-4-8-12-20)21-13-15-22(24)16-14-21/h3-16H,2,17,24H2,1H3/b23-19-. The van der Waals surface area contributed by atoms with Gasteiger partial charge >= 0.3 is 154 Å². The topological polar surface area (TPSA) is 0 Å². The molecule has 0 N–H and O–H groups in total. The zero-order valence-corrected chi connectivity index (χ0v) is 16.5. The Bertz CT molecular complexity index is 800. The van der Waals surface area contributed by atoms with E-state index in [9.17, 15) is 0 Å². The van der Waals surface area contributed by atoms with Crippen molar-refractivity contribution in [2.45, 2.75) is 19.8 Å². The summed E-state index contributed by atoms with van der Waals surface area (Å²) in [5, 5.41) is 0. The molecule has 0 bridgehead atoms. The van der Waals surface area contributed by atoms with Crippen LogP contribution in [0.25, 0.3) is 5.57 Å². The fraction of sp³-hybridized carbons (Fsp3) is 0.130. The Morgan fingerprint density at radius 2 is 1.25 bits per heavy atom. The van der Waals surface area contributed by atoms with Crippen molar-refractivity contribution in [2.75, 3.05) is 0 Å². The quantitative estimate of drug-likeness (QED) is 0.581. The third-order valence-electron chi connectivity index (χ3n) is 4.30. The molecule has 1 unspecified atom stereocenters. The Morgan fingerprint density at radius 3 is 1.83 bits per heavy atom. The molecule has 0 fully saturated rings. The average molecular weight is 374 g/mol. The number of benzene rings is 3. The predicted octanol–water partition coefficient (Wildman–Crippen LogP) is 4.40. The van der Waals surface area contributed by atoms with Gasteiger partial charge in [-0.3, -0.25) is 0 Å². The van der Waals surface area contributed by atoms with E-state index < -0.39 is 0 Å². The first-order valence-electron chi connectivity index (χ1n) is 8.45. The molecule has 0 saturated carbocycles. The van der Waals surface area contributed by atoms with Crippen LogP contribution >= 0.6 is 0 Å². The molecule has 3 aromatic rings. The minimum atomic E-state index is 0.999. The Hall–Kier alpha value is -2.04. The molecule has 3 aromatic carbocycles. The zero-order chi connectivity index (χ0) is 16.8. The SMILES string of the molecule is CC/C(Cc1ccccc1)=C(\c1ccccc1)c1ccc([AsH2])cc1. The molecule has 0 radical (unpaired) electrons. The van der Waals surface area contributed by atoms with E-state index in [1.165, 1.54) is 32.2 Å². The van der Waals surface area contributed by atoms with E-state index in [4.69, 9.17) is 0 Å². The van der Waals surface area contributed by atoms with Gasteiger partial charge in [0.2, 0.25) is 0 Å². The van der Waals surface area contributed by atoms with Gasteiger partial charge in [-0.25, -0.2) is 0 Å². The van der Waals surface area contributed by atoms with Crippen LogP contribution in [0, 0.1) is 0 Å². The van der Waals surface area contributed by atoms with Gasteiger partial charge in [0.25, 0.3) is 0 Å². The van der Waals surface area contributed by atoms with Gasteiger partial charge in [0.05, 0.1) is 0 Å². The minimum absolute atomic E-state index is 0.999. The molecule has 0 aliphatic carbocycles. The molecule has 24 heavy (non-hydrogen) atoms. The summed E-state index contributed by atoms with van der Waals surface area (Å²) < 4.78 is 1.36. The first-order valence-corrected chi connectivity index (χ1v) is 9.66. The van der Waals surface area contributed by atoms with Crippen LogP contribution in [0.5, 0.6) is 0 Å². The Balaban J connectivity index is 2.12. The Labute approximate surface area is 153 Å². The van der Waals surface area contributed by atoms with Crippen molar-refractivity contribution in [3.05, 3.63) is 107 Å². The predicted molar refractivity (Wildman–Crippen MR) is 108 cm³/mol. The van der Waals surface area contributed by atoms with Gasteiger partial charge in [-0.1, -0.05) is 0 Å². The van der Waals surface area contributed by atoms with Crippen molar-refractivity contribution in [2.24, 2.45) is 0 Å². The zero-order valence-electron chi connectivity index (χ0n) is 14.1. The molecule has 1 heteroatoms. The summed E-state index contributed by atoms with van der Waals surface area (Å²) in [6.07, 6.45) is 2.05. The van der Waals surface area contributed by atoms with Gasteiger partial charge in [-0.15, -0.1) is 0 Å². The van der Waals surface area contributed by atoms with Crippen molar-refractivity contribution in [1.82, 2.24) is 0 Å². The van der Waals surface area contributed by atoms with E-state index in [-0.39, 0.29) is 0 Å². The summed E-state index contributed by atoms with van der Waals surface area (Å²) >= 11 is 1.67. The second kappa shape index (κ2) is 8.17. The van der Waals surface area contributed by atoms with Gasteiger partial charge in [-0.2, -0.15) is 0 Å². The van der Waals surface area contributed by atoms with Crippen molar-refractivity contribution >= 4 is 26.8 Å². The summed E-state index contributed by atoms with van der Waals surface area (Å²) in [6.45, 7) is 2.26. The normalized spacial score (nSPS) is 11.9. The molecule has 0 aliphatic rings. The van der Waals surface area contributed by atoms with Crippen LogP contribution < -0.4 is 4.35 Å². The van der Waals surface area contributed by atoms with Gasteiger partial charge in [-0.05, 0) is 0 Å². The molecule has 120 valence electrons. The molecule has 0 aliphatic heterocycles. The first-order chi connectivity index (χ1) is 11.8. The van der Waals surface area contributed by atoms with E-state index in [1.54, 1.807) is 16.9 Å². The molecule has 1 atom stereocenters. The molecular formula is C23H23As. The molecule has 3 rings (SSSR count). The van der Waals surface area contributed by atoms with Crippen LogP contribution in [0.2, 0.25) is 0 Å². The van der Waals surface area contributed by atoms with E-state index >= 15 is 0 Å². The Morgan fingerprint density at radius 1 is 0.708 bits per heavy atom. The van der Waals surface area contributed by atoms with E-state index in [0.717, 1.165) is 12.8 Å². The summed E-state index contributed by atoms with van der Waals surface area (Å²) in [6, 6.07) is 30.5. The summed E-state index contributed by atoms with van der Waals surface area (Å²) in [5.41, 5.74) is 6.87. The maximum atomic E-state index is 2.26. The molecular weight excluding hydrogens is 351 g/mol. The first kappa shape index (κ1) is 16.8. The van der Waals surface area contributed by atoms with Crippen LogP contribution in [-0.4, -0.2) is 16.9 Å². The second-order valence-electron chi connectivity index (χ2n) is 5.98. The maximum absolute atomic E-state index is 2.26.